The van der Waals surface area contributed by atoms with Crippen LogP contribution in [0.1, 0.15) is 43.2 Å². The summed E-state index contributed by atoms with van der Waals surface area (Å²) in [6.45, 7) is 5.59. The quantitative estimate of drug-likeness (QED) is 0.684. The third-order valence-corrected chi connectivity index (χ3v) is 7.75. The summed E-state index contributed by atoms with van der Waals surface area (Å²) in [5.41, 5.74) is 1.43. The van der Waals surface area contributed by atoms with Gasteiger partial charge in [-0.1, -0.05) is 54.9 Å². The summed E-state index contributed by atoms with van der Waals surface area (Å²) in [6.07, 6.45) is 2.32. The van der Waals surface area contributed by atoms with Gasteiger partial charge in [0.1, 0.15) is 0 Å². The molecule has 1 fully saturated rings. The number of carbonyl (C=O) groups is 1. The third kappa shape index (κ3) is 5.42. The standard InChI is InChI=1S/C23H29ClN2O3S/c1-17-12-15-26(16-13-17)23(27)20(19-8-4-5-9-21(19)24)11-14-25-30(28,29)22-10-6-3-7-18(22)2/h3-10,17,20,25H,11-16H2,1-2H3. The number of nitrogens with one attached hydrogen (secondary N) is 1. The maximum atomic E-state index is 13.3. The van der Waals surface area contributed by atoms with Gasteiger partial charge in [-0.3, -0.25) is 4.79 Å². The molecule has 2 aromatic carbocycles. The average Bonchev–Trinajstić information content (AvgIpc) is 2.72. The Morgan fingerprint density at radius 1 is 1.13 bits per heavy atom. The predicted octanol–water partition coefficient (Wildman–Crippen LogP) is 4.36. The molecular formula is C23H29ClN2O3S. The number of rotatable bonds is 7. The fourth-order valence-electron chi connectivity index (χ4n) is 3.89. The van der Waals surface area contributed by atoms with Crippen molar-refractivity contribution in [1.82, 2.24) is 9.62 Å². The SMILES string of the molecule is Cc1ccccc1S(=O)(=O)NCCC(C(=O)N1CCC(C)CC1)c1ccccc1Cl. The summed E-state index contributed by atoms with van der Waals surface area (Å²) >= 11 is 6.40. The minimum atomic E-state index is -3.64. The largest absolute Gasteiger partial charge is 0.342 e. The molecule has 162 valence electrons. The first-order valence-electron chi connectivity index (χ1n) is 10.4. The Bertz CT molecular complexity index is 985. The van der Waals surface area contributed by atoms with E-state index in [1.54, 1.807) is 37.3 Å². The van der Waals surface area contributed by atoms with Gasteiger partial charge in [-0.15, -0.1) is 0 Å². The van der Waals surface area contributed by atoms with Gasteiger partial charge in [0.05, 0.1) is 10.8 Å². The van der Waals surface area contributed by atoms with Crippen LogP contribution in [0.5, 0.6) is 0 Å². The summed E-state index contributed by atoms with van der Waals surface area (Å²) in [4.78, 5) is 15.5. The molecule has 30 heavy (non-hydrogen) atoms. The molecule has 0 radical (unpaired) electrons. The molecule has 0 bridgehead atoms. The Hall–Kier alpha value is -1.89. The van der Waals surface area contributed by atoms with Crippen molar-refractivity contribution in [3.05, 3.63) is 64.7 Å². The first kappa shape index (κ1) is 22.8. The molecule has 1 heterocycles. The number of aryl methyl sites for hydroxylation is 1. The summed E-state index contributed by atoms with van der Waals surface area (Å²) in [5, 5.41) is 0.531. The van der Waals surface area contributed by atoms with Crippen molar-refractivity contribution in [2.75, 3.05) is 19.6 Å². The third-order valence-electron chi connectivity index (χ3n) is 5.78. The zero-order valence-electron chi connectivity index (χ0n) is 17.5. The average molecular weight is 449 g/mol. The fourth-order valence-corrected chi connectivity index (χ4v) is 5.45. The molecule has 0 spiro atoms. The van der Waals surface area contributed by atoms with Gasteiger partial charge in [0.15, 0.2) is 0 Å². The van der Waals surface area contributed by atoms with Gasteiger partial charge in [0, 0.05) is 24.7 Å². The second-order valence-electron chi connectivity index (χ2n) is 8.03. The first-order valence-corrected chi connectivity index (χ1v) is 12.2. The minimum Gasteiger partial charge on any atom is -0.342 e. The molecule has 1 atom stereocenters. The van der Waals surface area contributed by atoms with Gasteiger partial charge >= 0.3 is 0 Å². The van der Waals surface area contributed by atoms with Crippen LogP contribution < -0.4 is 4.72 Å². The van der Waals surface area contributed by atoms with Crippen molar-refractivity contribution in [3.63, 3.8) is 0 Å². The van der Waals surface area contributed by atoms with E-state index in [2.05, 4.69) is 11.6 Å². The smallest absolute Gasteiger partial charge is 0.240 e. The number of likely N-dealkylation sites (tertiary alicyclic amines) is 1. The number of hydrogen-bond donors (Lipinski definition) is 1. The van der Waals surface area contributed by atoms with Crippen molar-refractivity contribution in [1.29, 1.82) is 0 Å². The Morgan fingerprint density at radius 2 is 1.77 bits per heavy atom. The second kappa shape index (κ2) is 9.94. The van der Waals surface area contributed by atoms with Crippen molar-refractivity contribution in [2.45, 2.75) is 43.9 Å². The van der Waals surface area contributed by atoms with Crippen LogP contribution in [-0.2, 0) is 14.8 Å². The highest BCUT2D eigenvalue weighted by Crippen LogP contribution is 2.30. The molecule has 0 aromatic heterocycles. The van der Waals surface area contributed by atoms with Crippen LogP contribution in [-0.4, -0.2) is 38.9 Å². The van der Waals surface area contributed by atoms with E-state index in [1.165, 1.54) is 0 Å². The van der Waals surface area contributed by atoms with Crippen molar-refractivity contribution in [2.24, 2.45) is 5.92 Å². The van der Waals surface area contributed by atoms with Crippen LogP contribution in [0.2, 0.25) is 5.02 Å². The topological polar surface area (TPSA) is 66.5 Å². The maximum absolute atomic E-state index is 13.3. The molecular weight excluding hydrogens is 420 g/mol. The summed E-state index contributed by atoms with van der Waals surface area (Å²) in [7, 11) is -3.64. The Balaban J connectivity index is 1.75. The van der Waals surface area contributed by atoms with E-state index in [-0.39, 0.29) is 17.3 Å². The highest BCUT2D eigenvalue weighted by molar-refractivity contribution is 7.89. The van der Waals surface area contributed by atoms with Crippen LogP contribution in [0.3, 0.4) is 0 Å². The monoisotopic (exact) mass is 448 g/mol. The molecule has 1 N–H and O–H groups in total. The van der Waals surface area contributed by atoms with Gasteiger partial charge in [0.2, 0.25) is 15.9 Å². The molecule has 2 aromatic rings. The zero-order chi connectivity index (χ0) is 21.7. The number of nitrogens with zero attached hydrogens (tertiary/aromatic N) is 1. The molecule has 1 aliphatic heterocycles. The van der Waals surface area contributed by atoms with E-state index in [0.717, 1.165) is 31.5 Å². The molecule has 1 unspecified atom stereocenters. The summed E-state index contributed by atoms with van der Waals surface area (Å²) in [6, 6.07) is 14.2. The molecule has 0 saturated carbocycles. The van der Waals surface area contributed by atoms with Crippen LogP contribution >= 0.6 is 11.6 Å². The van der Waals surface area contributed by atoms with Crippen molar-refractivity contribution >= 4 is 27.5 Å². The number of hydrogen-bond acceptors (Lipinski definition) is 3. The number of sulfonamides is 1. The Kier molecular flexibility index (Phi) is 7.55. The van der Waals surface area contributed by atoms with Crippen LogP contribution in [0.25, 0.3) is 0 Å². The van der Waals surface area contributed by atoms with E-state index in [4.69, 9.17) is 11.6 Å². The van der Waals surface area contributed by atoms with E-state index in [0.29, 0.717) is 22.9 Å². The molecule has 5 nitrogen and oxygen atoms in total. The van der Waals surface area contributed by atoms with E-state index in [9.17, 15) is 13.2 Å². The highest BCUT2D eigenvalue weighted by Gasteiger charge is 2.30. The normalized spacial score (nSPS) is 16.4. The predicted molar refractivity (Wildman–Crippen MR) is 120 cm³/mol. The lowest BCUT2D eigenvalue weighted by atomic mass is 9.92. The number of amides is 1. The number of piperidine rings is 1. The second-order valence-corrected chi connectivity index (χ2v) is 10.2. The van der Waals surface area contributed by atoms with Gasteiger partial charge in [0.25, 0.3) is 0 Å². The van der Waals surface area contributed by atoms with Crippen LogP contribution in [0.15, 0.2) is 53.4 Å². The van der Waals surface area contributed by atoms with Crippen LogP contribution in [0, 0.1) is 12.8 Å². The molecule has 1 amide bonds. The molecule has 1 aliphatic rings. The number of carbonyl (C=O) groups excluding carboxylic acids is 1. The van der Waals surface area contributed by atoms with E-state index >= 15 is 0 Å². The molecule has 7 heteroatoms. The van der Waals surface area contributed by atoms with Gasteiger partial charge < -0.3 is 4.90 Å². The van der Waals surface area contributed by atoms with E-state index in [1.807, 2.05) is 23.1 Å². The minimum absolute atomic E-state index is 0.0186. The first-order chi connectivity index (χ1) is 14.3. The van der Waals surface area contributed by atoms with Crippen molar-refractivity contribution in [3.8, 4) is 0 Å². The zero-order valence-corrected chi connectivity index (χ0v) is 19.0. The van der Waals surface area contributed by atoms with Crippen LogP contribution in [0.4, 0.5) is 0 Å². The van der Waals surface area contributed by atoms with Gasteiger partial charge in [-0.05, 0) is 55.4 Å². The molecule has 3 rings (SSSR count). The Labute approximate surface area is 184 Å². The Morgan fingerprint density at radius 3 is 2.43 bits per heavy atom. The molecule has 0 aliphatic carbocycles. The van der Waals surface area contributed by atoms with Gasteiger partial charge in [-0.25, -0.2) is 13.1 Å². The maximum Gasteiger partial charge on any atom is 0.240 e. The lowest BCUT2D eigenvalue weighted by molar-refractivity contribution is -0.134. The van der Waals surface area contributed by atoms with Crippen molar-refractivity contribution < 1.29 is 13.2 Å². The van der Waals surface area contributed by atoms with E-state index < -0.39 is 15.9 Å². The summed E-state index contributed by atoms with van der Waals surface area (Å²) in [5.74, 6) is 0.158. The lowest BCUT2D eigenvalue weighted by Crippen LogP contribution is -2.41. The molecule has 1 saturated heterocycles. The van der Waals surface area contributed by atoms with Gasteiger partial charge in [-0.2, -0.15) is 0 Å². The number of benzene rings is 2. The fraction of sp³-hybridized carbons (Fsp3) is 0.435. The number of halogens is 1. The summed E-state index contributed by atoms with van der Waals surface area (Å²) < 4.78 is 28.1. The lowest BCUT2D eigenvalue weighted by Gasteiger charge is -2.33. The highest BCUT2D eigenvalue weighted by atomic mass is 35.5.